The first-order valence-corrected chi connectivity index (χ1v) is 10.4. The van der Waals surface area contributed by atoms with Crippen LogP contribution in [0.1, 0.15) is 25.3 Å². The van der Waals surface area contributed by atoms with Crippen molar-refractivity contribution in [1.29, 1.82) is 0 Å². The van der Waals surface area contributed by atoms with E-state index in [0.717, 1.165) is 19.1 Å². The normalized spacial score (nSPS) is 29.3. The summed E-state index contributed by atoms with van der Waals surface area (Å²) in [4.78, 5) is 0. The lowest BCUT2D eigenvalue weighted by Crippen LogP contribution is -2.67. The van der Waals surface area contributed by atoms with Crippen molar-refractivity contribution >= 4 is 22.4 Å². The van der Waals surface area contributed by atoms with E-state index in [1.54, 1.807) is 12.1 Å². The van der Waals surface area contributed by atoms with Gasteiger partial charge in [-0.3, -0.25) is 0 Å². The van der Waals surface area contributed by atoms with Crippen LogP contribution in [0, 0.1) is 11.7 Å². The van der Waals surface area contributed by atoms with E-state index in [9.17, 15) is 8.42 Å². The summed E-state index contributed by atoms with van der Waals surface area (Å²) >= 11 is 0. The molecule has 0 amide bonds. The third-order valence-electron chi connectivity index (χ3n) is 5.20. The van der Waals surface area contributed by atoms with E-state index in [0.29, 0.717) is 5.56 Å². The van der Waals surface area contributed by atoms with Crippen LogP contribution in [0.4, 0.5) is 4.39 Å². The molecule has 2 saturated heterocycles. The van der Waals surface area contributed by atoms with Gasteiger partial charge >= 0.3 is 0 Å². The van der Waals surface area contributed by atoms with Gasteiger partial charge in [-0.2, -0.15) is 0 Å². The Balaban J connectivity index is 0.00000289. The molecular formula is C20H24ClFN2O2S. The standard InChI is InChI=1S/C20H23FN2O2S.ClH/c1-26(24,25)23-20-15-10-16(11-15)22-18(20)12-14-8-5-9-17(19(14)21)13-6-3-2-4-7-13;/h2-9,15-16,18,20,22-23H,10-12H2,1H3;1H/t15?,16?,18-,20-;/m0./s1/i2D,3D,4D,6D,7D;. The Labute approximate surface area is 173 Å². The first-order valence-electron chi connectivity index (χ1n) is 11.1. The highest BCUT2D eigenvalue weighted by Gasteiger charge is 2.46. The Morgan fingerprint density at radius 1 is 1.26 bits per heavy atom. The van der Waals surface area contributed by atoms with Crippen molar-refractivity contribution < 1.29 is 19.7 Å². The Morgan fingerprint density at radius 2 is 1.96 bits per heavy atom. The number of rotatable bonds is 5. The van der Waals surface area contributed by atoms with Crippen molar-refractivity contribution in [1.82, 2.24) is 10.0 Å². The topological polar surface area (TPSA) is 58.2 Å². The number of piperidine rings is 2. The number of fused-ring (bicyclic) bond motifs is 2. The maximum atomic E-state index is 15.5. The Kier molecular flexibility index (Phi) is 4.23. The van der Waals surface area contributed by atoms with E-state index in [1.807, 2.05) is 0 Å². The molecule has 2 atom stereocenters. The van der Waals surface area contributed by atoms with Crippen LogP contribution in [0.25, 0.3) is 11.1 Å². The molecule has 2 bridgehead atoms. The lowest BCUT2D eigenvalue weighted by Gasteiger charge is -2.52. The summed E-state index contributed by atoms with van der Waals surface area (Å²) in [6.07, 6.45) is 3.05. The predicted molar refractivity (Wildman–Crippen MR) is 108 cm³/mol. The summed E-state index contributed by atoms with van der Waals surface area (Å²) in [7, 11) is -3.44. The van der Waals surface area contributed by atoms with Crippen LogP contribution >= 0.6 is 12.4 Å². The minimum atomic E-state index is -3.44. The molecule has 0 spiro atoms. The SMILES string of the molecule is Cl.[2H]c1c([2H])c([2H])c(-c2cccc(C[C@@H]3NC4CC(C4)[C@@H]3NS(C)(=O)=O)c2F)c([2H])c1[2H]. The number of hydrogen-bond acceptors (Lipinski definition) is 3. The maximum absolute atomic E-state index is 15.5. The largest absolute Gasteiger partial charge is 0.309 e. The molecular weight excluding hydrogens is 387 g/mol. The van der Waals surface area contributed by atoms with Crippen LogP contribution in [-0.4, -0.2) is 32.8 Å². The van der Waals surface area contributed by atoms with Gasteiger partial charge in [0.15, 0.2) is 0 Å². The third kappa shape index (κ3) is 4.35. The predicted octanol–water partition coefficient (Wildman–Crippen LogP) is 3.13. The monoisotopic (exact) mass is 415 g/mol. The van der Waals surface area contributed by atoms with E-state index in [-0.39, 0.29) is 54.0 Å². The zero-order valence-electron chi connectivity index (χ0n) is 19.7. The van der Waals surface area contributed by atoms with Gasteiger partial charge in [-0.25, -0.2) is 17.5 Å². The van der Waals surface area contributed by atoms with Crippen LogP contribution in [0.2, 0.25) is 0 Å². The number of hydrogen-bond donors (Lipinski definition) is 2. The zero-order valence-corrected chi connectivity index (χ0v) is 16.3. The fourth-order valence-electron chi connectivity index (χ4n) is 3.99. The molecule has 3 aliphatic rings. The molecule has 0 unspecified atom stereocenters. The maximum Gasteiger partial charge on any atom is 0.209 e. The van der Waals surface area contributed by atoms with E-state index >= 15 is 4.39 Å². The summed E-state index contributed by atoms with van der Waals surface area (Å²) in [6, 6.07) is 1.66. The van der Waals surface area contributed by atoms with Gasteiger partial charge in [0.05, 0.1) is 13.1 Å². The van der Waals surface area contributed by atoms with Gasteiger partial charge < -0.3 is 5.32 Å². The molecule has 2 aromatic rings. The molecule has 0 radical (unpaired) electrons. The van der Waals surface area contributed by atoms with Gasteiger partial charge in [-0.1, -0.05) is 48.4 Å². The fourth-order valence-corrected chi connectivity index (χ4v) is 4.84. The van der Waals surface area contributed by atoms with Crippen molar-refractivity contribution in [3.05, 3.63) is 59.8 Å². The molecule has 2 aliphatic heterocycles. The lowest BCUT2D eigenvalue weighted by atomic mass is 9.68. The summed E-state index contributed by atoms with van der Waals surface area (Å²) < 4.78 is 81.5. The van der Waals surface area contributed by atoms with Gasteiger partial charge in [-0.05, 0) is 36.3 Å². The minimum absolute atomic E-state index is 0. The molecule has 1 saturated carbocycles. The third-order valence-corrected chi connectivity index (χ3v) is 5.90. The number of nitrogens with one attached hydrogen (secondary N) is 2. The Bertz CT molecular complexity index is 1130. The first kappa shape index (κ1) is 14.5. The summed E-state index contributed by atoms with van der Waals surface area (Å²) in [5.41, 5.74) is 0.0436. The number of halogens is 2. The van der Waals surface area contributed by atoms with Crippen molar-refractivity contribution in [3.8, 4) is 11.1 Å². The zero-order chi connectivity index (χ0) is 22.7. The van der Waals surface area contributed by atoms with Crippen molar-refractivity contribution in [2.75, 3.05) is 6.26 Å². The van der Waals surface area contributed by atoms with Gasteiger partial charge in [0.2, 0.25) is 10.0 Å². The minimum Gasteiger partial charge on any atom is -0.309 e. The molecule has 0 aromatic heterocycles. The molecule has 4 nitrogen and oxygen atoms in total. The molecule has 2 aromatic carbocycles. The van der Waals surface area contributed by atoms with Gasteiger partial charge in [-0.15, -0.1) is 12.4 Å². The highest BCUT2D eigenvalue weighted by atomic mass is 35.5. The van der Waals surface area contributed by atoms with Crippen LogP contribution in [0.15, 0.2) is 48.4 Å². The van der Waals surface area contributed by atoms with Crippen molar-refractivity contribution in [3.63, 3.8) is 0 Å². The van der Waals surface area contributed by atoms with E-state index in [1.165, 1.54) is 6.07 Å². The molecule has 3 fully saturated rings. The fraction of sp³-hybridized carbons (Fsp3) is 0.400. The Morgan fingerprint density at radius 3 is 2.63 bits per heavy atom. The highest BCUT2D eigenvalue weighted by Crippen LogP contribution is 2.38. The quantitative estimate of drug-likeness (QED) is 0.788. The molecule has 7 heteroatoms. The van der Waals surface area contributed by atoms with Gasteiger partial charge in [0.25, 0.3) is 0 Å². The van der Waals surface area contributed by atoms with E-state index in [2.05, 4.69) is 10.0 Å². The summed E-state index contributed by atoms with van der Waals surface area (Å²) in [5, 5.41) is 3.39. The van der Waals surface area contributed by atoms with Crippen molar-refractivity contribution in [2.45, 2.75) is 37.4 Å². The highest BCUT2D eigenvalue weighted by molar-refractivity contribution is 7.88. The van der Waals surface area contributed by atoms with E-state index < -0.39 is 46.1 Å². The second kappa shape index (κ2) is 7.87. The van der Waals surface area contributed by atoms with Gasteiger partial charge in [0.1, 0.15) is 5.82 Å². The van der Waals surface area contributed by atoms with Crippen LogP contribution in [-0.2, 0) is 16.4 Å². The number of sulfonamides is 1. The van der Waals surface area contributed by atoms with Gasteiger partial charge in [0, 0.05) is 23.7 Å². The second-order valence-electron chi connectivity index (χ2n) is 7.10. The molecule has 1 aliphatic carbocycles. The van der Waals surface area contributed by atoms with Crippen LogP contribution in [0.3, 0.4) is 0 Å². The number of benzene rings is 2. The smallest absolute Gasteiger partial charge is 0.209 e. The van der Waals surface area contributed by atoms with E-state index in [4.69, 9.17) is 6.85 Å². The summed E-state index contributed by atoms with van der Waals surface area (Å²) in [5.74, 6) is -0.474. The van der Waals surface area contributed by atoms with Crippen LogP contribution < -0.4 is 10.0 Å². The molecule has 2 heterocycles. The van der Waals surface area contributed by atoms with Crippen LogP contribution in [0.5, 0.6) is 0 Å². The molecule has 27 heavy (non-hydrogen) atoms. The lowest BCUT2D eigenvalue weighted by molar-refractivity contribution is 0.0809. The average molecular weight is 416 g/mol. The average Bonchev–Trinajstić information content (AvgIpc) is 2.66. The second-order valence-corrected chi connectivity index (χ2v) is 8.88. The van der Waals surface area contributed by atoms with Crippen molar-refractivity contribution in [2.24, 2.45) is 5.92 Å². The Hall–Kier alpha value is -1.47. The molecule has 146 valence electrons. The molecule has 2 N–H and O–H groups in total. The summed E-state index contributed by atoms with van der Waals surface area (Å²) in [6.45, 7) is 0. The molecule has 5 rings (SSSR count). The first-order chi connectivity index (χ1) is 14.5.